The highest BCUT2D eigenvalue weighted by Crippen LogP contribution is 2.20. The number of H-pyrrole nitrogens is 1. The van der Waals surface area contributed by atoms with Gasteiger partial charge in [-0.25, -0.2) is 0 Å². The number of aromatic nitrogens is 1. The first-order valence-electron chi connectivity index (χ1n) is 9.13. The van der Waals surface area contributed by atoms with Crippen LogP contribution in [0.1, 0.15) is 34.0 Å². The zero-order valence-corrected chi connectivity index (χ0v) is 15.9. The van der Waals surface area contributed by atoms with E-state index in [0.717, 1.165) is 22.0 Å². The van der Waals surface area contributed by atoms with Crippen LogP contribution < -0.4 is 15.6 Å². The third-order valence-corrected chi connectivity index (χ3v) is 4.63. The predicted molar refractivity (Wildman–Crippen MR) is 108 cm³/mol. The molecular formula is C22H24N2O3. The Labute approximate surface area is 158 Å². The molecular weight excluding hydrogens is 340 g/mol. The molecule has 1 aromatic heterocycles. The van der Waals surface area contributed by atoms with Crippen LogP contribution in [0.25, 0.3) is 10.9 Å². The van der Waals surface area contributed by atoms with Crippen LogP contribution in [0.4, 0.5) is 0 Å². The zero-order chi connectivity index (χ0) is 19.4. The van der Waals surface area contributed by atoms with Crippen LogP contribution in [-0.2, 0) is 6.42 Å². The predicted octanol–water partition coefficient (Wildman–Crippen LogP) is 3.52. The highest BCUT2D eigenvalue weighted by atomic mass is 16.5. The van der Waals surface area contributed by atoms with Crippen molar-refractivity contribution in [3.8, 4) is 5.75 Å². The van der Waals surface area contributed by atoms with Crippen LogP contribution in [-0.4, -0.2) is 24.0 Å². The second-order valence-electron chi connectivity index (χ2n) is 6.55. The molecule has 0 atom stereocenters. The van der Waals surface area contributed by atoms with Crippen LogP contribution >= 0.6 is 0 Å². The summed E-state index contributed by atoms with van der Waals surface area (Å²) in [6.45, 7) is 6.75. The van der Waals surface area contributed by atoms with Gasteiger partial charge in [0.2, 0.25) is 0 Å². The number of para-hydroxylation sites is 1. The summed E-state index contributed by atoms with van der Waals surface area (Å²) in [5.41, 5.74) is 4.08. The first kappa shape index (κ1) is 18.7. The summed E-state index contributed by atoms with van der Waals surface area (Å²) in [7, 11) is 0. The number of carbonyl (C=O) groups excluding carboxylic acids is 1. The number of carbonyl (C=O) groups is 1. The molecule has 5 nitrogen and oxygen atoms in total. The van der Waals surface area contributed by atoms with Crippen molar-refractivity contribution in [1.29, 1.82) is 0 Å². The minimum Gasteiger partial charge on any atom is -0.493 e. The van der Waals surface area contributed by atoms with Gasteiger partial charge in [0.1, 0.15) is 5.75 Å². The molecule has 27 heavy (non-hydrogen) atoms. The van der Waals surface area contributed by atoms with Crippen LogP contribution in [0, 0.1) is 13.8 Å². The van der Waals surface area contributed by atoms with E-state index in [1.165, 1.54) is 0 Å². The van der Waals surface area contributed by atoms with Gasteiger partial charge in [-0.05, 0) is 56.5 Å². The molecule has 0 unspecified atom stereocenters. The van der Waals surface area contributed by atoms with Crippen LogP contribution in [0.15, 0.2) is 47.3 Å². The number of nitrogens with one attached hydrogen (secondary N) is 2. The van der Waals surface area contributed by atoms with E-state index in [1.54, 1.807) is 18.2 Å². The van der Waals surface area contributed by atoms with Crippen LogP contribution in [0.3, 0.4) is 0 Å². The Morgan fingerprint density at radius 2 is 1.85 bits per heavy atom. The minimum absolute atomic E-state index is 0.111. The average Bonchev–Trinajstić information content (AvgIpc) is 2.66. The highest BCUT2D eigenvalue weighted by Gasteiger charge is 2.12. The number of hydrogen-bond acceptors (Lipinski definition) is 3. The summed E-state index contributed by atoms with van der Waals surface area (Å²) < 4.78 is 5.50. The molecule has 0 fully saturated rings. The Morgan fingerprint density at radius 1 is 1.11 bits per heavy atom. The van der Waals surface area contributed by atoms with E-state index in [9.17, 15) is 9.59 Å². The summed E-state index contributed by atoms with van der Waals surface area (Å²) in [5, 5.41) is 3.92. The van der Waals surface area contributed by atoms with Crippen molar-refractivity contribution >= 4 is 16.8 Å². The molecule has 0 aliphatic carbocycles. The maximum Gasteiger partial charge on any atom is 0.255 e. The first-order chi connectivity index (χ1) is 13.0. The molecule has 0 saturated heterocycles. The molecule has 1 amide bonds. The van der Waals surface area contributed by atoms with E-state index in [0.29, 0.717) is 36.4 Å². The number of fused-ring (bicyclic) bond motifs is 1. The molecule has 0 aliphatic heterocycles. The van der Waals surface area contributed by atoms with Crippen LogP contribution in [0.2, 0.25) is 0 Å². The monoisotopic (exact) mass is 364 g/mol. The van der Waals surface area contributed by atoms with Gasteiger partial charge in [0.15, 0.2) is 0 Å². The van der Waals surface area contributed by atoms with Gasteiger partial charge in [0.25, 0.3) is 11.5 Å². The van der Waals surface area contributed by atoms with Crippen molar-refractivity contribution in [3.05, 3.63) is 75.1 Å². The summed E-state index contributed by atoms with van der Waals surface area (Å²) >= 11 is 0. The highest BCUT2D eigenvalue weighted by molar-refractivity contribution is 5.96. The number of benzene rings is 2. The van der Waals surface area contributed by atoms with E-state index in [-0.39, 0.29) is 11.5 Å². The Morgan fingerprint density at radius 3 is 2.63 bits per heavy atom. The van der Waals surface area contributed by atoms with Crippen LogP contribution in [0.5, 0.6) is 5.75 Å². The fraction of sp³-hybridized carbons (Fsp3) is 0.273. The van der Waals surface area contributed by atoms with Crippen molar-refractivity contribution in [2.24, 2.45) is 0 Å². The lowest BCUT2D eigenvalue weighted by molar-refractivity contribution is 0.0950. The Kier molecular flexibility index (Phi) is 5.60. The van der Waals surface area contributed by atoms with Gasteiger partial charge in [-0.15, -0.1) is 0 Å². The fourth-order valence-corrected chi connectivity index (χ4v) is 3.15. The summed E-state index contributed by atoms with van der Waals surface area (Å²) in [4.78, 5) is 27.8. The maximum atomic E-state index is 12.4. The number of pyridine rings is 1. The lowest BCUT2D eigenvalue weighted by Gasteiger charge is -2.11. The fourth-order valence-electron chi connectivity index (χ4n) is 3.15. The molecule has 0 bridgehead atoms. The number of hydrogen-bond donors (Lipinski definition) is 2. The second kappa shape index (κ2) is 8.08. The quantitative estimate of drug-likeness (QED) is 0.703. The Balaban J connectivity index is 1.74. The van der Waals surface area contributed by atoms with Gasteiger partial charge < -0.3 is 15.0 Å². The first-order valence-corrected chi connectivity index (χ1v) is 9.13. The van der Waals surface area contributed by atoms with Crippen molar-refractivity contribution in [1.82, 2.24) is 10.3 Å². The lowest BCUT2D eigenvalue weighted by Crippen LogP contribution is -2.28. The smallest absolute Gasteiger partial charge is 0.255 e. The molecule has 2 N–H and O–H groups in total. The maximum absolute atomic E-state index is 12.4. The standard InChI is InChI=1S/C22H24N2O3/c1-4-27-19-8-6-5-7-17(19)22(26)23-12-11-16-13-18-14(2)9-10-15(3)20(18)24-21(16)25/h5-10,13H,4,11-12H2,1-3H3,(H,23,26)(H,24,25). The SMILES string of the molecule is CCOc1ccccc1C(=O)NCCc1cc2c(C)ccc(C)c2[nH]c1=O. The molecule has 0 radical (unpaired) electrons. The molecule has 3 aromatic rings. The molecule has 5 heteroatoms. The molecule has 0 saturated carbocycles. The van der Waals surface area contributed by atoms with Crippen molar-refractivity contribution in [2.45, 2.75) is 27.2 Å². The van der Waals surface area contributed by atoms with Gasteiger partial charge in [-0.2, -0.15) is 0 Å². The third kappa shape index (κ3) is 4.03. The molecule has 0 aliphatic rings. The second-order valence-corrected chi connectivity index (χ2v) is 6.55. The third-order valence-electron chi connectivity index (χ3n) is 4.63. The number of aromatic amines is 1. The number of rotatable bonds is 6. The van der Waals surface area contributed by atoms with Crippen molar-refractivity contribution in [3.63, 3.8) is 0 Å². The average molecular weight is 364 g/mol. The number of amides is 1. The topological polar surface area (TPSA) is 71.2 Å². The zero-order valence-electron chi connectivity index (χ0n) is 15.9. The van der Waals surface area contributed by atoms with Gasteiger partial charge >= 0.3 is 0 Å². The Bertz CT molecular complexity index is 1040. The van der Waals surface area contributed by atoms with Gasteiger partial charge in [0, 0.05) is 17.5 Å². The van der Waals surface area contributed by atoms with E-state index in [2.05, 4.69) is 10.3 Å². The Hall–Kier alpha value is -3.08. The minimum atomic E-state index is -0.205. The molecule has 2 aromatic carbocycles. The van der Waals surface area contributed by atoms with E-state index < -0.39 is 0 Å². The van der Waals surface area contributed by atoms with Gasteiger partial charge in [-0.1, -0.05) is 24.3 Å². The van der Waals surface area contributed by atoms with E-state index in [1.807, 2.05) is 45.0 Å². The normalized spacial score (nSPS) is 10.8. The molecule has 0 spiro atoms. The van der Waals surface area contributed by atoms with Gasteiger partial charge in [-0.3, -0.25) is 9.59 Å². The number of ether oxygens (including phenoxy) is 1. The summed E-state index contributed by atoms with van der Waals surface area (Å²) in [6.07, 6.45) is 0.460. The lowest BCUT2D eigenvalue weighted by atomic mass is 10.0. The molecule has 140 valence electrons. The summed E-state index contributed by atoms with van der Waals surface area (Å²) in [5.74, 6) is 0.357. The van der Waals surface area contributed by atoms with E-state index >= 15 is 0 Å². The largest absolute Gasteiger partial charge is 0.493 e. The molecule has 3 rings (SSSR count). The summed E-state index contributed by atoms with van der Waals surface area (Å²) in [6, 6.07) is 13.1. The van der Waals surface area contributed by atoms with Crippen molar-refractivity contribution in [2.75, 3.05) is 13.2 Å². The van der Waals surface area contributed by atoms with Crippen molar-refractivity contribution < 1.29 is 9.53 Å². The number of aryl methyl sites for hydroxylation is 2. The van der Waals surface area contributed by atoms with E-state index in [4.69, 9.17) is 4.74 Å². The van der Waals surface area contributed by atoms with Gasteiger partial charge in [0.05, 0.1) is 17.7 Å². The molecule has 1 heterocycles.